The van der Waals surface area contributed by atoms with Crippen LogP contribution in [0.1, 0.15) is 0 Å². The first-order valence-electron chi connectivity index (χ1n) is 17.4. The van der Waals surface area contributed by atoms with Crippen LogP contribution < -0.4 is 25.6 Å². The van der Waals surface area contributed by atoms with Gasteiger partial charge < -0.3 is 4.90 Å². The molecule has 0 saturated carbocycles. The lowest BCUT2D eigenvalue weighted by molar-refractivity contribution is 1.29. The van der Waals surface area contributed by atoms with Gasteiger partial charge in [-0.3, -0.25) is 0 Å². The average Bonchev–Trinajstić information content (AvgIpc) is 3.51. The van der Waals surface area contributed by atoms with Crippen LogP contribution >= 0.6 is 0 Å². The molecule has 0 aliphatic carbocycles. The molecular weight excluding hydrogens is 623 g/mol. The summed E-state index contributed by atoms with van der Waals surface area (Å²) in [6, 6.07) is 61.3. The molecule has 2 heterocycles. The normalized spacial score (nSPS) is 14.4. The average molecular weight is 662 g/mol. The van der Waals surface area contributed by atoms with E-state index in [9.17, 15) is 0 Å². The Morgan fingerprint density at radius 1 is 0.306 bits per heavy atom. The van der Waals surface area contributed by atoms with Crippen LogP contribution in [0.2, 0.25) is 26.2 Å². The highest BCUT2D eigenvalue weighted by molar-refractivity contribution is 7.04. The van der Waals surface area contributed by atoms with Gasteiger partial charge in [0.25, 0.3) is 0 Å². The minimum atomic E-state index is -1.99. The number of hydrogen-bond donors (Lipinski definition) is 0. The van der Waals surface area contributed by atoms with Crippen molar-refractivity contribution in [2.45, 2.75) is 26.2 Å². The van der Waals surface area contributed by atoms with Crippen molar-refractivity contribution < 1.29 is 0 Å². The molecule has 7 aromatic rings. The van der Waals surface area contributed by atoms with Gasteiger partial charge in [0.15, 0.2) is 0 Å². The molecule has 3 heteroatoms. The smallest absolute Gasteiger partial charge is 0.113 e. The van der Waals surface area contributed by atoms with Crippen molar-refractivity contribution in [2.75, 3.05) is 4.90 Å². The highest BCUT2D eigenvalue weighted by atomic mass is 28.3. The molecule has 236 valence electrons. The van der Waals surface area contributed by atoms with Gasteiger partial charge in [0.1, 0.15) is 16.1 Å². The molecule has 2 aliphatic rings. The van der Waals surface area contributed by atoms with E-state index in [0.29, 0.717) is 0 Å². The summed E-state index contributed by atoms with van der Waals surface area (Å²) in [4.78, 5) is 2.50. The number of anilines is 3. The van der Waals surface area contributed by atoms with Crippen molar-refractivity contribution in [3.8, 4) is 44.5 Å². The fraction of sp³-hybridized carbons (Fsp3) is 0.0870. The van der Waals surface area contributed by atoms with Gasteiger partial charge in [-0.05, 0) is 102 Å². The van der Waals surface area contributed by atoms with E-state index in [1.54, 1.807) is 0 Å². The molecule has 0 spiro atoms. The van der Waals surface area contributed by atoms with Crippen LogP contribution in [-0.2, 0) is 0 Å². The maximum atomic E-state index is 2.53. The lowest BCUT2D eigenvalue weighted by atomic mass is 10.00. The van der Waals surface area contributed by atoms with E-state index < -0.39 is 16.1 Å². The summed E-state index contributed by atoms with van der Waals surface area (Å²) in [7, 11) is -3.85. The zero-order valence-corrected chi connectivity index (χ0v) is 30.5. The van der Waals surface area contributed by atoms with Gasteiger partial charge >= 0.3 is 0 Å². The van der Waals surface area contributed by atoms with Crippen LogP contribution in [0.15, 0.2) is 164 Å². The second-order valence-electron chi connectivity index (χ2n) is 14.6. The third-order valence-electron chi connectivity index (χ3n) is 11.1. The molecule has 0 atom stereocenters. The second kappa shape index (κ2) is 11.2. The topological polar surface area (TPSA) is 3.24 Å². The molecule has 49 heavy (non-hydrogen) atoms. The van der Waals surface area contributed by atoms with E-state index in [1.165, 1.54) is 82.3 Å². The van der Waals surface area contributed by atoms with Crippen LogP contribution in [0.4, 0.5) is 17.1 Å². The Kier molecular flexibility index (Phi) is 6.81. The first-order chi connectivity index (χ1) is 23.8. The van der Waals surface area contributed by atoms with Crippen LogP contribution in [0.25, 0.3) is 44.5 Å². The summed E-state index contributed by atoms with van der Waals surface area (Å²) < 4.78 is 0. The van der Waals surface area contributed by atoms with Gasteiger partial charge in [0, 0.05) is 17.1 Å². The Hall–Kier alpha value is -5.23. The molecule has 7 aromatic carbocycles. The molecule has 2 aliphatic heterocycles. The van der Waals surface area contributed by atoms with Gasteiger partial charge in [-0.15, -0.1) is 0 Å². The van der Waals surface area contributed by atoms with Crippen molar-refractivity contribution in [1.82, 2.24) is 0 Å². The quantitative estimate of drug-likeness (QED) is 0.166. The Balaban J connectivity index is 1.21. The molecule has 0 bridgehead atoms. The molecule has 9 rings (SSSR count). The molecule has 0 saturated heterocycles. The minimum absolute atomic E-state index is 1.18. The van der Waals surface area contributed by atoms with E-state index in [0.717, 1.165) is 0 Å². The predicted octanol–water partition coefficient (Wildman–Crippen LogP) is 10.1. The number of rotatable bonds is 5. The van der Waals surface area contributed by atoms with Gasteiger partial charge in [-0.2, -0.15) is 0 Å². The van der Waals surface area contributed by atoms with Crippen LogP contribution in [0, 0.1) is 0 Å². The zero-order valence-electron chi connectivity index (χ0n) is 28.5. The Morgan fingerprint density at radius 2 is 0.735 bits per heavy atom. The second-order valence-corrected chi connectivity index (χ2v) is 23.3. The van der Waals surface area contributed by atoms with E-state index >= 15 is 0 Å². The van der Waals surface area contributed by atoms with Gasteiger partial charge in [-0.1, -0.05) is 154 Å². The third-order valence-corrected chi connectivity index (χ3v) is 18.1. The van der Waals surface area contributed by atoms with Crippen molar-refractivity contribution in [2.24, 2.45) is 0 Å². The molecule has 0 unspecified atom stereocenters. The molecule has 0 N–H and O–H groups in total. The first kappa shape index (κ1) is 29.9. The first-order valence-corrected chi connectivity index (χ1v) is 23.4. The maximum absolute atomic E-state index is 2.53. The fourth-order valence-corrected chi connectivity index (χ4v) is 14.6. The number of nitrogens with zero attached hydrogens (tertiary/aromatic N) is 1. The Morgan fingerprint density at radius 3 is 1.35 bits per heavy atom. The van der Waals surface area contributed by atoms with Crippen molar-refractivity contribution in [1.29, 1.82) is 0 Å². The molecule has 0 radical (unpaired) electrons. The standard InChI is InChI=1S/C46H39NSi2/c1-48(2)43-21-12-11-20-39(43)41-26-23-37(30-45(41)48)47(36-19-13-18-34(28-36)32-14-7-5-8-15-32)38-24-27-42-40-25-22-35(33-16-9-6-10-17-33)29-44(40)49(3,4)46(42)31-38/h5-31H,1-4H3. The minimum Gasteiger partial charge on any atom is -0.310 e. The SMILES string of the molecule is C[Si]1(C)c2ccccc2-c2ccc(N(c3cccc(-c4ccccc4)c3)c3ccc4c(c3)[Si](C)(C)c3cc(-c5ccccc5)ccc3-4)cc21. The molecule has 0 fully saturated rings. The largest absolute Gasteiger partial charge is 0.310 e. The van der Waals surface area contributed by atoms with E-state index in [4.69, 9.17) is 0 Å². The summed E-state index contributed by atoms with van der Waals surface area (Å²) in [5.74, 6) is 0. The summed E-state index contributed by atoms with van der Waals surface area (Å²) in [6.45, 7) is 10.1. The van der Waals surface area contributed by atoms with E-state index in [-0.39, 0.29) is 0 Å². The number of hydrogen-bond acceptors (Lipinski definition) is 1. The summed E-state index contributed by atoms with van der Waals surface area (Å²) in [5.41, 5.74) is 14.3. The van der Waals surface area contributed by atoms with Gasteiger partial charge in [0.2, 0.25) is 0 Å². The van der Waals surface area contributed by atoms with Crippen LogP contribution in [-0.4, -0.2) is 16.1 Å². The lowest BCUT2D eigenvalue weighted by Crippen LogP contribution is -2.49. The summed E-state index contributed by atoms with van der Waals surface area (Å²) in [5, 5.41) is 6.10. The molecule has 0 aromatic heterocycles. The van der Waals surface area contributed by atoms with Crippen LogP contribution in [0.3, 0.4) is 0 Å². The number of benzene rings is 7. The number of fused-ring (bicyclic) bond motifs is 6. The van der Waals surface area contributed by atoms with Crippen molar-refractivity contribution in [3.63, 3.8) is 0 Å². The summed E-state index contributed by atoms with van der Waals surface area (Å²) in [6.07, 6.45) is 0. The monoisotopic (exact) mass is 661 g/mol. The molecular formula is C46H39NSi2. The lowest BCUT2D eigenvalue weighted by Gasteiger charge is -2.29. The Labute approximate surface area is 292 Å². The predicted molar refractivity (Wildman–Crippen MR) is 216 cm³/mol. The molecule has 1 nitrogen and oxygen atoms in total. The van der Waals surface area contributed by atoms with Crippen molar-refractivity contribution in [3.05, 3.63) is 164 Å². The zero-order chi connectivity index (χ0) is 33.3. The third kappa shape index (κ3) is 4.72. The van der Waals surface area contributed by atoms with Gasteiger partial charge in [-0.25, -0.2) is 0 Å². The van der Waals surface area contributed by atoms with Crippen molar-refractivity contribution >= 4 is 54.0 Å². The highest BCUT2D eigenvalue weighted by Gasteiger charge is 2.39. The van der Waals surface area contributed by atoms with Crippen LogP contribution in [0.5, 0.6) is 0 Å². The van der Waals surface area contributed by atoms with E-state index in [2.05, 4.69) is 195 Å². The van der Waals surface area contributed by atoms with Gasteiger partial charge in [0.05, 0.1) is 0 Å². The maximum Gasteiger partial charge on any atom is 0.113 e. The fourth-order valence-electron chi connectivity index (χ4n) is 8.41. The highest BCUT2D eigenvalue weighted by Crippen LogP contribution is 2.41. The molecule has 0 amide bonds. The Bertz CT molecular complexity index is 2390. The van der Waals surface area contributed by atoms with E-state index in [1.807, 2.05) is 0 Å². The summed E-state index contributed by atoms with van der Waals surface area (Å²) >= 11 is 0.